The van der Waals surface area contributed by atoms with Crippen LogP contribution in [-0.2, 0) is 6.42 Å². The normalized spacial score (nSPS) is 21.4. The van der Waals surface area contributed by atoms with Crippen LogP contribution in [0, 0.1) is 20.7 Å². The maximum absolute atomic E-state index is 10.1. The maximum atomic E-state index is 10.1. The highest BCUT2D eigenvalue weighted by molar-refractivity contribution is 5.58. The monoisotopic (exact) mass is 223 g/mol. The molecule has 1 aliphatic rings. The van der Waals surface area contributed by atoms with Gasteiger partial charge in [-0.3, -0.25) is 0 Å². The van der Waals surface area contributed by atoms with Gasteiger partial charge < -0.3 is 9.84 Å². The molecule has 2 nitrogen and oxygen atoms in total. The number of phenols is 1. The summed E-state index contributed by atoms with van der Waals surface area (Å²) in [7, 11) is 0. The summed E-state index contributed by atoms with van der Waals surface area (Å²) >= 11 is 0. The van der Waals surface area contributed by atoms with Gasteiger partial charge in [-0.15, -0.1) is 0 Å². The van der Waals surface area contributed by atoms with E-state index in [-0.39, 0.29) is 16.9 Å². The van der Waals surface area contributed by atoms with Crippen molar-refractivity contribution >= 4 is 0 Å². The van der Waals surface area contributed by atoms with Gasteiger partial charge >= 0.3 is 0 Å². The molecule has 1 aromatic rings. The molecule has 0 atom stereocenters. The van der Waals surface area contributed by atoms with Gasteiger partial charge in [0, 0.05) is 9.68 Å². The van der Waals surface area contributed by atoms with Crippen LogP contribution >= 0.6 is 0 Å². The van der Waals surface area contributed by atoms with Gasteiger partial charge in [0.25, 0.3) is 0 Å². The Morgan fingerprint density at radius 3 is 2.56 bits per heavy atom. The van der Waals surface area contributed by atoms with Gasteiger partial charge in [-0.25, -0.2) is 0 Å². The van der Waals surface area contributed by atoms with Crippen LogP contribution in [0.25, 0.3) is 0 Å². The zero-order valence-corrected chi connectivity index (χ0v) is 10.3. The highest BCUT2D eigenvalue weighted by Gasteiger charge is 2.30. The number of rotatable bonds is 0. The van der Waals surface area contributed by atoms with E-state index in [0.717, 1.165) is 24.0 Å². The first-order valence-corrected chi connectivity index (χ1v) is 5.59. The van der Waals surface area contributed by atoms with E-state index >= 15 is 0 Å². The van der Waals surface area contributed by atoms with Crippen LogP contribution in [-0.4, -0.2) is 10.7 Å². The quantitative estimate of drug-likeness (QED) is 0.730. The highest BCUT2D eigenvalue weighted by atomic mass is 16.5. The minimum Gasteiger partial charge on any atom is -0.507 e. The standard InChI is InChI=1S/C14H20O2/c1-8-9(2)13-11(10(3)12(8)15)6-7-14(4,5)16-13/h15H,6-7H2,1-5H3/i2D3. The SMILES string of the molecule is [2H]C([2H])([2H])c1c(C)c(O)c(C)c2c1OC(C)(C)CC2. The molecule has 2 rings (SSSR count). The molecule has 0 saturated carbocycles. The first kappa shape index (κ1) is 7.99. The predicted molar refractivity (Wildman–Crippen MR) is 65.3 cm³/mol. The Bertz CT molecular complexity index is 531. The van der Waals surface area contributed by atoms with Gasteiger partial charge in [-0.05, 0) is 64.1 Å². The molecule has 16 heavy (non-hydrogen) atoms. The van der Waals surface area contributed by atoms with E-state index < -0.39 is 6.85 Å². The highest BCUT2D eigenvalue weighted by Crippen LogP contribution is 2.42. The Kier molecular flexibility index (Phi) is 1.70. The van der Waals surface area contributed by atoms with Crippen LogP contribution in [0.2, 0.25) is 0 Å². The third-order valence-electron chi connectivity index (χ3n) is 3.39. The Morgan fingerprint density at radius 2 is 1.94 bits per heavy atom. The zero-order chi connectivity index (χ0) is 14.6. The minimum absolute atomic E-state index is 0.0770. The van der Waals surface area contributed by atoms with Crippen LogP contribution in [0.5, 0.6) is 11.5 Å². The molecule has 0 amide bonds. The maximum Gasteiger partial charge on any atom is 0.127 e. The summed E-state index contributed by atoms with van der Waals surface area (Å²) in [5, 5.41) is 10.1. The summed E-state index contributed by atoms with van der Waals surface area (Å²) < 4.78 is 29.0. The average molecular weight is 223 g/mol. The molecule has 1 aliphatic heterocycles. The smallest absolute Gasteiger partial charge is 0.127 e. The van der Waals surface area contributed by atoms with Crippen LogP contribution in [0.4, 0.5) is 0 Å². The van der Waals surface area contributed by atoms with Crippen molar-refractivity contribution in [2.45, 2.75) is 53.0 Å². The van der Waals surface area contributed by atoms with Crippen molar-refractivity contribution in [2.24, 2.45) is 0 Å². The molecule has 2 heteroatoms. The molecule has 0 aliphatic carbocycles. The topological polar surface area (TPSA) is 29.5 Å². The summed E-state index contributed by atoms with van der Waals surface area (Å²) in [6.45, 7) is 5.07. The van der Waals surface area contributed by atoms with E-state index in [2.05, 4.69) is 0 Å². The second-order valence-corrected chi connectivity index (χ2v) is 5.14. The molecule has 0 unspecified atom stereocenters. The van der Waals surface area contributed by atoms with Crippen molar-refractivity contribution in [1.29, 1.82) is 0 Å². The van der Waals surface area contributed by atoms with Crippen molar-refractivity contribution in [2.75, 3.05) is 0 Å². The molecule has 1 N–H and O–H groups in total. The lowest BCUT2D eigenvalue weighted by Gasteiger charge is -2.35. The lowest BCUT2D eigenvalue weighted by atomic mass is 9.88. The van der Waals surface area contributed by atoms with Gasteiger partial charge in [0.1, 0.15) is 17.1 Å². The molecule has 0 aromatic heterocycles. The number of benzene rings is 1. The fourth-order valence-electron chi connectivity index (χ4n) is 2.20. The van der Waals surface area contributed by atoms with Gasteiger partial charge in [-0.1, -0.05) is 0 Å². The molecule has 88 valence electrons. The summed E-state index contributed by atoms with van der Waals surface area (Å²) in [4.78, 5) is 0. The van der Waals surface area contributed by atoms with Gasteiger partial charge in [-0.2, -0.15) is 0 Å². The van der Waals surface area contributed by atoms with E-state index in [4.69, 9.17) is 8.85 Å². The minimum atomic E-state index is -2.28. The number of aromatic hydroxyl groups is 1. The van der Waals surface area contributed by atoms with E-state index in [1.54, 1.807) is 6.92 Å². The molecular weight excluding hydrogens is 200 g/mol. The van der Waals surface area contributed by atoms with Crippen LogP contribution in [0.1, 0.15) is 46.6 Å². The van der Waals surface area contributed by atoms with Crippen molar-refractivity contribution < 1.29 is 14.0 Å². The number of fused-ring (bicyclic) bond motifs is 1. The number of hydrogen-bond acceptors (Lipinski definition) is 2. The molecule has 1 heterocycles. The molecule has 0 saturated heterocycles. The van der Waals surface area contributed by atoms with Crippen molar-refractivity contribution in [3.63, 3.8) is 0 Å². The van der Waals surface area contributed by atoms with E-state index in [0.29, 0.717) is 11.3 Å². The predicted octanol–water partition coefficient (Wildman–Crippen LogP) is 3.42. The molecule has 0 fully saturated rings. The summed E-state index contributed by atoms with van der Waals surface area (Å²) in [6, 6.07) is 0. The number of ether oxygens (including phenoxy) is 1. The lowest BCUT2D eigenvalue weighted by molar-refractivity contribution is 0.0831. The Balaban J connectivity index is 2.77. The van der Waals surface area contributed by atoms with E-state index in [1.165, 1.54) is 0 Å². The van der Waals surface area contributed by atoms with Crippen LogP contribution in [0.15, 0.2) is 0 Å². The fraction of sp³-hybridized carbons (Fsp3) is 0.571. The molecular formula is C14H20O2. The summed E-state index contributed by atoms with van der Waals surface area (Å²) in [5.74, 6) is 0.525. The Hall–Kier alpha value is -1.18. The van der Waals surface area contributed by atoms with Crippen LogP contribution in [0.3, 0.4) is 0 Å². The first-order chi connectivity index (χ1) is 8.54. The van der Waals surface area contributed by atoms with E-state index in [9.17, 15) is 5.11 Å². The third-order valence-corrected chi connectivity index (χ3v) is 3.39. The van der Waals surface area contributed by atoms with Crippen molar-refractivity contribution in [3.05, 3.63) is 22.3 Å². The third kappa shape index (κ3) is 1.57. The van der Waals surface area contributed by atoms with Gasteiger partial charge in [0.05, 0.1) is 0 Å². The Morgan fingerprint density at radius 1 is 1.25 bits per heavy atom. The van der Waals surface area contributed by atoms with Gasteiger partial charge in [0.2, 0.25) is 0 Å². The van der Waals surface area contributed by atoms with Crippen molar-refractivity contribution in [1.82, 2.24) is 0 Å². The second-order valence-electron chi connectivity index (χ2n) is 5.14. The second kappa shape index (κ2) is 3.41. The molecule has 0 radical (unpaired) electrons. The number of hydrogen-bond donors (Lipinski definition) is 1. The zero-order valence-electron chi connectivity index (χ0n) is 13.3. The molecule has 1 aromatic carbocycles. The largest absolute Gasteiger partial charge is 0.507 e. The van der Waals surface area contributed by atoms with E-state index in [1.807, 2.05) is 20.8 Å². The average Bonchev–Trinajstić information content (AvgIpc) is 2.23. The fourth-order valence-corrected chi connectivity index (χ4v) is 2.20. The lowest BCUT2D eigenvalue weighted by Crippen LogP contribution is -2.33. The molecule has 0 spiro atoms. The number of phenolic OH excluding ortho intramolecular Hbond substituents is 1. The summed E-state index contributed by atoms with van der Waals surface area (Å²) in [6.07, 6.45) is 1.54. The van der Waals surface area contributed by atoms with Crippen molar-refractivity contribution in [3.8, 4) is 11.5 Å². The van der Waals surface area contributed by atoms with Gasteiger partial charge in [0.15, 0.2) is 0 Å². The summed E-state index contributed by atoms with van der Waals surface area (Å²) in [5.41, 5.74) is 1.74. The van der Waals surface area contributed by atoms with Crippen LogP contribution < -0.4 is 4.74 Å². The first-order valence-electron chi connectivity index (χ1n) is 7.09. The Labute approximate surface area is 101 Å². The molecule has 0 bridgehead atoms.